The van der Waals surface area contributed by atoms with Crippen LogP contribution in [0.3, 0.4) is 0 Å². The van der Waals surface area contributed by atoms with Crippen molar-refractivity contribution in [1.29, 1.82) is 0 Å². The van der Waals surface area contributed by atoms with Gasteiger partial charge in [-0.05, 0) is 54.3 Å². The molecule has 0 aliphatic carbocycles. The Bertz CT molecular complexity index is 678. The van der Waals surface area contributed by atoms with Gasteiger partial charge in [0.05, 0.1) is 7.11 Å². The van der Waals surface area contributed by atoms with E-state index in [0.717, 1.165) is 22.9 Å². The van der Waals surface area contributed by atoms with Gasteiger partial charge in [-0.3, -0.25) is 0 Å². The highest BCUT2D eigenvalue weighted by Gasteiger charge is 2.18. The molecule has 0 aliphatic heterocycles. The molecule has 0 fully saturated rings. The van der Waals surface area contributed by atoms with Crippen molar-refractivity contribution in [2.45, 2.75) is 13.8 Å². The zero-order chi connectivity index (χ0) is 14.9. The minimum absolute atomic E-state index is 0.305. The number of aromatic carboxylic acids is 1. The van der Waals surface area contributed by atoms with Crippen molar-refractivity contribution >= 4 is 5.97 Å². The minimum atomic E-state index is -1.27. The van der Waals surface area contributed by atoms with Gasteiger partial charge in [0.1, 0.15) is 17.1 Å². The van der Waals surface area contributed by atoms with Gasteiger partial charge in [0.25, 0.3) is 0 Å². The third-order valence-electron chi connectivity index (χ3n) is 3.26. The molecule has 2 aromatic carbocycles. The summed E-state index contributed by atoms with van der Waals surface area (Å²) in [5.41, 5.74) is 2.47. The van der Waals surface area contributed by atoms with Crippen LogP contribution >= 0.6 is 0 Å². The second-order valence-corrected chi connectivity index (χ2v) is 4.60. The number of benzene rings is 2. The third-order valence-corrected chi connectivity index (χ3v) is 3.26. The van der Waals surface area contributed by atoms with Gasteiger partial charge >= 0.3 is 5.97 Å². The number of rotatable bonds is 3. The Hall–Kier alpha value is -2.36. The smallest absolute Gasteiger partial charge is 0.339 e. The molecule has 0 saturated heterocycles. The quantitative estimate of drug-likeness (QED) is 0.925. The fraction of sp³-hybridized carbons (Fsp3) is 0.188. The van der Waals surface area contributed by atoms with Crippen molar-refractivity contribution in [3.05, 3.63) is 52.8 Å². The zero-order valence-corrected chi connectivity index (χ0v) is 11.5. The summed E-state index contributed by atoms with van der Waals surface area (Å²) < 4.78 is 19.0. The van der Waals surface area contributed by atoms with Crippen molar-refractivity contribution < 1.29 is 19.0 Å². The zero-order valence-electron chi connectivity index (χ0n) is 11.5. The van der Waals surface area contributed by atoms with Crippen LogP contribution in [0.15, 0.2) is 30.3 Å². The first-order valence-corrected chi connectivity index (χ1v) is 6.13. The normalized spacial score (nSPS) is 10.4. The fourth-order valence-electron chi connectivity index (χ4n) is 2.27. The maximum Gasteiger partial charge on any atom is 0.339 e. The van der Waals surface area contributed by atoms with Crippen molar-refractivity contribution in [3.8, 4) is 16.9 Å². The summed E-state index contributed by atoms with van der Waals surface area (Å²) >= 11 is 0. The lowest BCUT2D eigenvalue weighted by Gasteiger charge is -2.13. The highest BCUT2D eigenvalue weighted by Crippen LogP contribution is 2.33. The number of hydrogen-bond donors (Lipinski definition) is 1. The van der Waals surface area contributed by atoms with E-state index >= 15 is 0 Å². The van der Waals surface area contributed by atoms with Crippen LogP contribution in [0, 0.1) is 19.7 Å². The summed E-state index contributed by atoms with van der Waals surface area (Å²) in [4.78, 5) is 11.3. The summed E-state index contributed by atoms with van der Waals surface area (Å²) in [5, 5.41) is 9.20. The highest BCUT2D eigenvalue weighted by atomic mass is 19.1. The van der Waals surface area contributed by atoms with Crippen molar-refractivity contribution in [2.24, 2.45) is 0 Å². The lowest BCUT2D eigenvalue weighted by atomic mass is 9.94. The molecule has 0 saturated carbocycles. The second-order valence-electron chi connectivity index (χ2n) is 4.60. The largest absolute Gasteiger partial charge is 0.496 e. The van der Waals surface area contributed by atoms with Crippen molar-refractivity contribution in [2.75, 3.05) is 7.11 Å². The number of aryl methyl sites for hydroxylation is 2. The Labute approximate surface area is 116 Å². The number of carbonyl (C=O) groups is 1. The van der Waals surface area contributed by atoms with Gasteiger partial charge in [-0.15, -0.1) is 0 Å². The van der Waals surface area contributed by atoms with Gasteiger partial charge in [-0.25, -0.2) is 9.18 Å². The van der Waals surface area contributed by atoms with Gasteiger partial charge in [-0.2, -0.15) is 0 Å². The van der Waals surface area contributed by atoms with Gasteiger partial charge in [0.15, 0.2) is 0 Å². The van der Waals surface area contributed by atoms with E-state index in [1.807, 2.05) is 26.0 Å². The summed E-state index contributed by atoms with van der Waals surface area (Å²) in [6, 6.07) is 7.91. The number of carboxylic acids is 1. The molecule has 2 aromatic rings. The highest BCUT2D eigenvalue weighted by molar-refractivity contribution is 5.97. The van der Waals surface area contributed by atoms with E-state index in [1.54, 1.807) is 13.2 Å². The summed E-state index contributed by atoms with van der Waals surface area (Å²) in [5.74, 6) is -1.28. The van der Waals surface area contributed by atoms with Crippen molar-refractivity contribution in [3.63, 3.8) is 0 Å². The Morgan fingerprint density at radius 2 is 1.85 bits per heavy atom. The molecule has 0 atom stereocenters. The number of methoxy groups -OCH3 is 1. The molecule has 0 bridgehead atoms. The van der Waals surface area contributed by atoms with Crippen molar-refractivity contribution in [1.82, 2.24) is 0 Å². The van der Waals surface area contributed by atoms with E-state index in [4.69, 9.17) is 4.74 Å². The first kappa shape index (κ1) is 14.1. The van der Waals surface area contributed by atoms with Crippen LogP contribution in [-0.2, 0) is 0 Å². The summed E-state index contributed by atoms with van der Waals surface area (Å²) in [6.45, 7) is 3.70. The molecule has 0 aromatic heterocycles. The number of carboxylic acid groups (broad SMARTS) is 1. The van der Waals surface area contributed by atoms with Crippen LogP contribution in [0.4, 0.5) is 4.39 Å². The molecule has 20 heavy (non-hydrogen) atoms. The molecular formula is C16H15FO3. The molecule has 0 aliphatic rings. The van der Waals surface area contributed by atoms with E-state index in [1.165, 1.54) is 6.07 Å². The van der Waals surface area contributed by atoms with Gasteiger partial charge in [0, 0.05) is 0 Å². The number of hydrogen-bond acceptors (Lipinski definition) is 2. The first-order chi connectivity index (χ1) is 9.45. The topological polar surface area (TPSA) is 46.5 Å². The summed E-state index contributed by atoms with van der Waals surface area (Å²) in [7, 11) is 1.58. The first-order valence-electron chi connectivity index (χ1n) is 6.13. The number of ether oxygens (including phenoxy) is 1. The average molecular weight is 274 g/mol. The third kappa shape index (κ3) is 2.37. The molecule has 104 valence electrons. The molecule has 2 rings (SSSR count). The summed E-state index contributed by atoms with van der Waals surface area (Å²) in [6.07, 6.45) is 0. The molecule has 4 heteroatoms. The second kappa shape index (κ2) is 5.33. The van der Waals surface area contributed by atoms with E-state index in [-0.39, 0.29) is 5.56 Å². The molecule has 0 amide bonds. The monoisotopic (exact) mass is 274 g/mol. The van der Waals surface area contributed by atoms with Crippen LogP contribution in [-0.4, -0.2) is 18.2 Å². The lowest BCUT2D eigenvalue weighted by molar-refractivity contribution is 0.0693. The maximum absolute atomic E-state index is 13.8. The standard InChI is InChI=1S/C16H15FO3/c1-9-8-14(20-3)10(2)7-12(9)11-5-4-6-13(17)15(11)16(18)19/h4-8H,1-3H3,(H,18,19). The Balaban J connectivity index is 2.72. The minimum Gasteiger partial charge on any atom is -0.496 e. The fourth-order valence-corrected chi connectivity index (χ4v) is 2.27. The van der Waals surface area contributed by atoms with E-state index in [0.29, 0.717) is 11.1 Å². The Morgan fingerprint density at radius 1 is 1.15 bits per heavy atom. The van der Waals surface area contributed by atoms with Gasteiger partial charge in [0.2, 0.25) is 0 Å². The number of halogens is 1. The van der Waals surface area contributed by atoms with Gasteiger partial charge < -0.3 is 9.84 Å². The van der Waals surface area contributed by atoms with E-state index in [9.17, 15) is 14.3 Å². The van der Waals surface area contributed by atoms with E-state index in [2.05, 4.69) is 0 Å². The van der Waals surface area contributed by atoms with Gasteiger partial charge in [-0.1, -0.05) is 12.1 Å². The van der Waals surface area contributed by atoms with Crippen LogP contribution in [0.1, 0.15) is 21.5 Å². The molecule has 0 spiro atoms. The Morgan fingerprint density at radius 3 is 2.45 bits per heavy atom. The SMILES string of the molecule is COc1cc(C)c(-c2cccc(F)c2C(=O)O)cc1C. The molecule has 0 heterocycles. The predicted molar refractivity (Wildman–Crippen MR) is 74.8 cm³/mol. The molecule has 1 N–H and O–H groups in total. The van der Waals surface area contributed by atoms with Crippen LogP contribution < -0.4 is 4.74 Å². The lowest BCUT2D eigenvalue weighted by Crippen LogP contribution is -2.04. The predicted octanol–water partition coefficient (Wildman–Crippen LogP) is 3.82. The average Bonchev–Trinajstić information content (AvgIpc) is 2.40. The molecule has 0 radical (unpaired) electrons. The Kier molecular flexibility index (Phi) is 3.74. The molecule has 3 nitrogen and oxygen atoms in total. The van der Waals surface area contributed by atoms with E-state index < -0.39 is 11.8 Å². The van der Waals surface area contributed by atoms with Crippen LogP contribution in [0.25, 0.3) is 11.1 Å². The molecule has 0 unspecified atom stereocenters. The maximum atomic E-state index is 13.8. The van der Waals surface area contributed by atoms with Crippen LogP contribution in [0.5, 0.6) is 5.75 Å². The van der Waals surface area contributed by atoms with Crippen LogP contribution in [0.2, 0.25) is 0 Å². The molecular weight excluding hydrogens is 259 g/mol.